The van der Waals surface area contributed by atoms with E-state index in [1.165, 1.54) is 5.56 Å². The van der Waals surface area contributed by atoms with Gasteiger partial charge in [-0.25, -0.2) is 0 Å². The Kier molecular flexibility index (Phi) is 5.83. The molecule has 1 fully saturated rings. The van der Waals surface area contributed by atoms with Gasteiger partial charge in [-0.3, -0.25) is 4.90 Å². The van der Waals surface area contributed by atoms with Gasteiger partial charge in [-0.15, -0.1) is 0 Å². The maximum absolute atomic E-state index is 9.21. The zero-order chi connectivity index (χ0) is 13.3. The van der Waals surface area contributed by atoms with E-state index >= 15 is 0 Å². The van der Waals surface area contributed by atoms with Crippen LogP contribution in [0.5, 0.6) is 0 Å². The highest BCUT2D eigenvalue weighted by Gasteiger charge is 2.15. The molecular formula is C15H21N3O. The molecule has 0 amide bonds. The maximum Gasteiger partial charge on any atom is 0.0715 e. The van der Waals surface area contributed by atoms with Crippen LogP contribution >= 0.6 is 0 Å². The summed E-state index contributed by atoms with van der Waals surface area (Å²) < 4.78 is 5.31. The van der Waals surface area contributed by atoms with E-state index in [1.54, 1.807) is 0 Å². The van der Waals surface area contributed by atoms with Crippen molar-refractivity contribution in [1.29, 1.82) is 5.26 Å². The van der Waals surface area contributed by atoms with E-state index in [2.05, 4.69) is 28.4 Å². The second-order valence-electron chi connectivity index (χ2n) is 4.86. The predicted molar refractivity (Wildman–Crippen MR) is 74.5 cm³/mol. The van der Waals surface area contributed by atoms with Crippen molar-refractivity contribution in [2.45, 2.75) is 6.54 Å². The summed E-state index contributed by atoms with van der Waals surface area (Å²) in [6, 6.07) is 12.7. The fraction of sp³-hybridized carbons (Fsp3) is 0.533. The van der Waals surface area contributed by atoms with Crippen LogP contribution in [-0.4, -0.2) is 44.3 Å². The Labute approximate surface area is 115 Å². The van der Waals surface area contributed by atoms with Crippen LogP contribution in [0.4, 0.5) is 0 Å². The Morgan fingerprint density at radius 1 is 1.26 bits per heavy atom. The molecular weight excluding hydrogens is 238 g/mol. The molecule has 1 N–H and O–H groups in total. The smallest absolute Gasteiger partial charge is 0.0715 e. The summed E-state index contributed by atoms with van der Waals surface area (Å²) in [5.41, 5.74) is 1.26. The van der Waals surface area contributed by atoms with E-state index in [9.17, 15) is 5.26 Å². The van der Waals surface area contributed by atoms with E-state index in [0.717, 1.165) is 45.9 Å². The normalized spacial score (nSPS) is 17.8. The molecule has 1 aliphatic rings. The van der Waals surface area contributed by atoms with Gasteiger partial charge in [-0.1, -0.05) is 30.3 Å². The first-order chi connectivity index (χ1) is 9.38. The van der Waals surface area contributed by atoms with Gasteiger partial charge in [0.25, 0.3) is 0 Å². The number of morpholine rings is 1. The molecule has 4 nitrogen and oxygen atoms in total. The third-order valence-corrected chi connectivity index (χ3v) is 3.33. The summed E-state index contributed by atoms with van der Waals surface area (Å²) in [4.78, 5) is 2.31. The lowest BCUT2D eigenvalue weighted by atomic mass is 10.1. The number of rotatable bonds is 6. The third-order valence-electron chi connectivity index (χ3n) is 3.33. The van der Waals surface area contributed by atoms with Crippen molar-refractivity contribution in [3.05, 3.63) is 35.9 Å². The molecule has 4 heteroatoms. The largest absolute Gasteiger partial charge is 0.379 e. The Morgan fingerprint density at radius 3 is 2.68 bits per heavy atom. The van der Waals surface area contributed by atoms with Gasteiger partial charge < -0.3 is 10.1 Å². The monoisotopic (exact) mass is 259 g/mol. The Morgan fingerprint density at radius 2 is 2.00 bits per heavy atom. The second kappa shape index (κ2) is 7.90. The first kappa shape index (κ1) is 14.0. The summed E-state index contributed by atoms with van der Waals surface area (Å²) in [5.74, 6) is 0.0433. The number of benzene rings is 1. The summed E-state index contributed by atoms with van der Waals surface area (Å²) in [5, 5.41) is 12.6. The molecule has 0 bridgehead atoms. The van der Waals surface area contributed by atoms with E-state index in [1.807, 2.05) is 18.2 Å². The molecule has 1 aliphatic heterocycles. The average Bonchev–Trinajstić information content (AvgIpc) is 2.48. The van der Waals surface area contributed by atoms with Gasteiger partial charge in [0, 0.05) is 32.7 Å². The standard InChI is InChI=1S/C15H21N3O/c16-10-15(13-18-6-8-19-9-7-18)12-17-11-14-4-2-1-3-5-14/h1-5,15,17H,6-9,11-13H2. The summed E-state index contributed by atoms with van der Waals surface area (Å²) in [6.07, 6.45) is 0. The van der Waals surface area contributed by atoms with Gasteiger partial charge in [-0.2, -0.15) is 5.26 Å². The number of nitrogens with zero attached hydrogens (tertiary/aromatic N) is 2. The molecule has 2 rings (SSSR count). The van der Waals surface area contributed by atoms with Crippen LogP contribution < -0.4 is 5.32 Å². The van der Waals surface area contributed by atoms with Gasteiger partial charge in [0.1, 0.15) is 0 Å². The van der Waals surface area contributed by atoms with Crippen molar-refractivity contribution >= 4 is 0 Å². The van der Waals surface area contributed by atoms with Gasteiger partial charge in [0.15, 0.2) is 0 Å². The van der Waals surface area contributed by atoms with Crippen molar-refractivity contribution in [1.82, 2.24) is 10.2 Å². The number of hydrogen-bond acceptors (Lipinski definition) is 4. The first-order valence-corrected chi connectivity index (χ1v) is 6.83. The fourth-order valence-electron chi connectivity index (χ4n) is 2.23. The van der Waals surface area contributed by atoms with Gasteiger partial charge in [-0.05, 0) is 5.56 Å². The van der Waals surface area contributed by atoms with E-state index in [4.69, 9.17) is 4.74 Å². The first-order valence-electron chi connectivity index (χ1n) is 6.83. The lowest BCUT2D eigenvalue weighted by molar-refractivity contribution is 0.0338. The minimum atomic E-state index is 0.0433. The van der Waals surface area contributed by atoms with E-state index in [-0.39, 0.29) is 5.92 Å². The Hall–Kier alpha value is -1.41. The van der Waals surface area contributed by atoms with Crippen molar-refractivity contribution < 1.29 is 4.74 Å². The number of hydrogen-bond donors (Lipinski definition) is 1. The highest BCUT2D eigenvalue weighted by atomic mass is 16.5. The van der Waals surface area contributed by atoms with Gasteiger partial charge in [0.2, 0.25) is 0 Å². The number of ether oxygens (including phenoxy) is 1. The van der Waals surface area contributed by atoms with Crippen molar-refractivity contribution in [3.8, 4) is 6.07 Å². The minimum absolute atomic E-state index is 0.0433. The molecule has 1 heterocycles. The zero-order valence-corrected chi connectivity index (χ0v) is 11.2. The molecule has 0 aliphatic carbocycles. The van der Waals surface area contributed by atoms with Crippen LogP contribution in [0.15, 0.2) is 30.3 Å². The van der Waals surface area contributed by atoms with Crippen LogP contribution in [0.2, 0.25) is 0 Å². The molecule has 0 spiro atoms. The van der Waals surface area contributed by atoms with Crippen LogP contribution in [0.1, 0.15) is 5.56 Å². The van der Waals surface area contributed by atoms with Crippen LogP contribution in [-0.2, 0) is 11.3 Å². The second-order valence-corrected chi connectivity index (χ2v) is 4.86. The van der Waals surface area contributed by atoms with Gasteiger partial charge >= 0.3 is 0 Å². The summed E-state index contributed by atoms with van der Waals surface area (Å²) in [6.45, 7) is 5.85. The molecule has 0 radical (unpaired) electrons. The highest BCUT2D eigenvalue weighted by molar-refractivity contribution is 5.14. The SMILES string of the molecule is N#CC(CNCc1ccccc1)CN1CCOCC1. The van der Waals surface area contributed by atoms with Crippen molar-refractivity contribution in [2.75, 3.05) is 39.4 Å². The minimum Gasteiger partial charge on any atom is -0.379 e. The quantitative estimate of drug-likeness (QED) is 0.835. The summed E-state index contributed by atoms with van der Waals surface area (Å²) >= 11 is 0. The Bertz CT molecular complexity index is 396. The lowest BCUT2D eigenvalue weighted by Crippen LogP contribution is -2.41. The molecule has 1 atom stereocenters. The molecule has 1 saturated heterocycles. The van der Waals surface area contributed by atoms with Crippen LogP contribution in [0, 0.1) is 17.2 Å². The van der Waals surface area contributed by atoms with E-state index < -0.39 is 0 Å². The third kappa shape index (κ3) is 4.99. The van der Waals surface area contributed by atoms with Crippen molar-refractivity contribution in [3.63, 3.8) is 0 Å². The molecule has 19 heavy (non-hydrogen) atoms. The van der Waals surface area contributed by atoms with Crippen LogP contribution in [0.3, 0.4) is 0 Å². The molecule has 1 aromatic carbocycles. The molecule has 0 aromatic heterocycles. The van der Waals surface area contributed by atoms with Gasteiger partial charge in [0.05, 0.1) is 25.2 Å². The average molecular weight is 259 g/mol. The van der Waals surface area contributed by atoms with Crippen molar-refractivity contribution in [2.24, 2.45) is 5.92 Å². The number of nitriles is 1. The maximum atomic E-state index is 9.21. The van der Waals surface area contributed by atoms with E-state index in [0.29, 0.717) is 0 Å². The molecule has 1 unspecified atom stereocenters. The topological polar surface area (TPSA) is 48.3 Å². The zero-order valence-electron chi connectivity index (χ0n) is 11.2. The highest BCUT2D eigenvalue weighted by Crippen LogP contribution is 2.03. The molecule has 1 aromatic rings. The molecule has 0 saturated carbocycles. The molecule has 102 valence electrons. The Balaban J connectivity index is 1.69. The number of nitrogens with one attached hydrogen (secondary N) is 1. The predicted octanol–water partition coefficient (Wildman–Crippen LogP) is 1.25. The van der Waals surface area contributed by atoms with Crippen LogP contribution in [0.25, 0.3) is 0 Å². The summed E-state index contributed by atoms with van der Waals surface area (Å²) in [7, 11) is 0. The fourth-order valence-corrected chi connectivity index (χ4v) is 2.23. The lowest BCUT2D eigenvalue weighted by Gasteiger charge is -2.28.